The van der Waals surface area contributed by atoms with Gasteiger partial charge >= 0.3 is 0 Å². The molecule has 1 atom stereocenters. The molecular formula is C30H31Cl3N2O2. The topological polar surface area (TPSA) is 49.4 Å². The summed E-state index contributed by atoms with van der Waals surface area (Å²) in [5.41, 5.74) is 2.37. The summed E-state index contributed by atoms with van der Waals surface area (Å²) >= 11 is 19.1. The third kappa shape index (κ3) is 7.73. The lowest BCUT2D eigenvalue weighted by Crippen LogP contribution is -2.53. The highest BCUT2D eigenvalue weighted by molar-refractivity contribution is 6.36. The van der Waals surface area contributed by atoms with E-state index in [-0.39, 0.29) is 30.8 Å². The summed E-state index contributed by atoms with van der Waals surface area (Å²) in [6.07, 6.45) is 5.69. The van der Waals surface area contributed by atoms with Crippen molar-refractivity contribution in [3.05, 3.63) is 105 Å². The maximum Gasteiger partial charge on any atom is 0.243 e. The largest absolute Gasteiger partial charge is 0.352 e. The van der Waals surface area contributed by atoms with Crippen molar-refractivity contribution in [2.45, 2.75) is 63.6 Å². The van der Waals surface area contributed by atoms with Crippen LogP contribution in [-0.4, -0.2) is 28.8 Å². The average molecular weight is 558 g/mol. The van der Waals surface area contributed by atoms with Gasteiger partial charge in [-0.15, -0.1) is 0 Å². The molecule has 1 N–H and O–H groups in total. The number of amides is 2. The molecule has 7 heteroatoms. The van der Waals surface area contributed by atoms with E-state index in [0.717, 1.165) is 36.8 Å². The zero-order valence-corrected chi connectivity index (χ0v) is 22.9. The van der Waals surface area contributed by atoms with E-state index < -0.39 is 6.04 Å². The molecule has 0 heterocycles. The van der Waals surface area contributed by atoms with Crippen molar-refractivity contribution in [3.63, 3.8) is 0 Å². The summed E-state index contributed by atoms with van der Waals surface area (Å²) in [6, 6.07) is 21.7. The predicted molar refractivity (Wildman–Crippen MR) is 151 cm³/mol. The van der Waals surface area contributed by atoms with Gasteiger partial charge in [0.25, 0.3) is 0 Å². The highest BCUT2D eigenvalue weighted by Crippen LogP contribution is 2.27. The Labute approximate surface area is 233 Å². The second-order valence-corrected chi connectivity index (χ2v) is 10.8. The van der Waals surface area contributed by atoms with E-state index in [1.165, 1.54) is 6.42 Å². The molecule has 0 bridgehead atoms. The van der Waals surface area contributed by atoms with Gasteiger partial charge in [0.2, 0.25) is 11.8 Å². The minimum atomic E-state index is -0.711. The van der Waals surface area contributed by atoms with E-state index in [4.69, 9.17) is 34.8 Å². The number of carbonyl (C=O) groups excluding carboxylic acids is 2. The maximum absolute atomic E-state index is 13.9. The standard InChI is InChI=1S/C30H31Cl3N2O2/c31-23-12-7-11-22(17-23)20-35(29(36)19-25-26(32)15-8-16-27(25)33)28(18-21-9-3-1-4-10-21)30(37)34-24-13-5-2-6-14-24/h1,3-4,7-12,15-17,24,28H,2,5-6,13-14,18-20H2,(H,34,37). The molecule has 37 heavy (non-hydrogen) atoms. The van der Waals surface area contributed by atoms with Crippen LogP contribution in [0.2, 0.25) is 15.1 Å². The van der Waals surface area contributed by atoms with Crippen molar-refractivity contribution >= 4 is 46.6 Å². The zero-order valence-electron chi connectivity index (χ0n) is 20.6. The fourth-order valence-electron chi connectivity index (χ4n) is 4.88. The summed E-state index contributed by atoms with van der Waals surface area (Å²) in [4.78, 5) is 29.4. The normalized spacial score (nSPS) is 14.7. The SMILES string of the molecule is O=C(NC1CCCCC1)C(Cc1ccccc1)N(Cc1cccc(Cl)c1)C(=O)Cc1c(Cl)cccc1Cl. The molecule has 4 rings (SSSR count). The third-order valence-electron chi connectivity index (χ3n) is 6.85. The van der Waals surface area contributed by atoms with Crippen molar-refractivity contribution in [3.8, 4) is 0 Å². The van der Waals surface area contributed by atoms with E-state index in [1.807, 2.05) is 48.5 Å². The molecule has 3 aromatic rings. The van der Waals surface area contributed by atoms with Gasteiger partial charge in [0.15, 0.2) is 0 Å². The van der Waals surface area contributed by atoms with Gasteiger partial charge in [0, 0.05) is 34.1 Å². The summed E-state index contributed by atoms with van der Waals surface area (Å²) < 4.78 is 0. The maximum atomic E-state index is 13.9. The van der Waals surface area contributed by atoms with Crippen LogP contribution in [0.3, 0.4) is 0 Å². The number of nitrogens with zero attached hydrogens (tertiary/aromatic N) is 1. The quantitative estimate of drug-likeness (QED) is 0.301. The van der Waals surface area contributed by atoms with Crippen LogP contribution in [0.5, 0.6) is 0 Å². The smallest absolute Gasteiger partial charge is 0.243 e. The second-order valence-electron chi connectivity index (χ2n) is 9.58. The third-order valence-corrected chi connectivity index (χ3v) is 7.80. The number of halogens is 3. The molecule has 1 saturated carbocycles. The monoisotopic (exact) mass is 556 g/mol. The Kier molecular flexibility index (Phi) is 9.90. The molecule has 0 spiro atoms. The Bertz CT molecular complexity index is 1190. The van der Waals surface area contributed by atoms with Crippen molar-refractivity contribution in [2.24, 2.45) is 0 Å². The van der Waals surface area contributed by atoms with Gasteiger partial charge in [-0.05, 0) is 53.8 Å². The fraction of sp³-hybridized carbons (Fsp3) is 0.333. The molecular weight excluding hydrogens is 527 g/mol. The van der Waals surface area contributed by atoms with Crippen LogP contribution in [0, 0.1) is 0 Å². The average Bonchev–Trinajstić information content (AvgIpc) is 2.89. The van der Waals surface area contributed by atoms with E-state index in [1.54, 1.807) is 29.2 Å². The van der Waals surface area contributed by atoms with Crippen LogP contribution in [0.15, 0.2) is 72.8 Å². The van der Waals surface area contributed by atoms with Gasteiger partial charge in [0.1, 0.15) is 6.04 Å². The predicted octanol–water partition coefficient (Wildman–Crippen LogP) is 7.28. The molecule has 194 valence electrons. The van der Waals surface area contributed by atoms with Gasteiger partial charge in [-0.2, -0.15) is 0 Å². The first kappa shape index (κ1) is 27.5. The van der Waals surface area contributed by atoms with E-state index in [2.05, 4.69) is 5.32 Å². The number of nitrogens with one attached hydrogen (secondary N) is 1. The van der Waals surface area contributed by atoms with Gasteiger partial charge in [-0.1, -0.05) is 103 Å². The Morgan fingerprint density at radius 1 is 0.838 bits per heavy atom. The Morgan fingerprint density at radius 3 is 2.16 bits per heavy atom. The molecule has 3 aromatic carbocycles. The second kappa shape index (κ2) is 13.3. The first-order valence-corrected chi connectivity index (χ1v) is 13.8. The molecule has 2 amide bonds. The van der Waals surface area contributed by atoms with Crippen LogP contribution in [0.4, 0.5) is 0 Å². The van der Waals surface area contributed by atoms with E-state index >= 15 is 0 Å². The highest BCUT2D eigenvalue weighted by Gasteiger charge is 2.32. The molecule has 1 fully saturated rings. The lowest BCUT2D eigenvalue weighted by molar-refractivity contribution is -0.141. The van der Waals surface area contributed by atoms with Gasteiger partial charge in [-0.25, -0.2) is 0 Å². The molecule has 1 unspecified atom stereocenters. The molecule has 1 aliphatic carbocycles. The molecule has 0 aromatic heterocycles. The molecule has 0 aliphatic heterocycles. The van der Waals surface area contributed by atoms with Crippen molar-refractivity contribution in [1.82, 2.24) is 10.2 Å². The van der Waals surface area contributed by atoms with Gasteiger partial charge in [-0.3, -0.25) is 9.59 Å². The highest BCUT2D eigenvalue weighted by atomic mass is 35.5. The molecule has 4 nitrogen and oxygen atoms in total. The van der Waals surface area contributed by atoms with Crippen molar-refractivity contribution in [2.75, 3.05) is 0 Å². The molecule has 1 aliphatic rings. The zero-order chi connectivity index (χ0) is 26.2. The molecule has 0 radical (unpaired) electrons. The Hall–Kier alpha value is -2.53. The van der Waals surface area contributed by atoms with Crippen LogP contribution in [0.1, 0.15) is 48.8 Å². The van der Waals surface area contributed by atoms with Gasteiger partial charge < -0.3 is 10.2 Å². The minimum absolute atomic E-state index is 0.0128. The number of carbonyl (C=O) groups is 2. The van der Waals surface area contributed by atoms with Gasteiger partial charge in [0.05, 0.1) is 6.42 Å². The first-order chi connectivity index (χ1) is 17.9. The Morgan fingerprint density at radius 2 is 1.49 bits per heavy atom. The Balaban J connectivity index is 1.68. The van der Waals surface area contributed by atoms with Crippen LogP contribution in [0.25, 0.3) is 0 Å². The van der Waals surface area contributed by atoms with Crippen molar-refractivity contribution in [1.29, 1.82) is 0 Å². The number of rotatable bonds is 9. The number of benzene rings is 3. The van der Waals surface area contributed by atoms with Crippen LogP contribution < -0.4 is 5.32 Å². The summed E-state index contributed by atoms with van der Waals surface area (Å²) in [7, 11) is 0. The first-order valence-electron chi connectivity index (χ1n) is 12.7. The summed E-state index contributed by atoms with van der Waals surface area (Å²) in [5, 5.41) is 4.67. The minimum Gasteiger partial charge on any atom is -0.352 e. The van der Waals surface area contributed by atoms with Crippen LogP contribution >= 0.6 is 34.8 Å². The van der Waals surface area contributed by atoms with E-state index in [9.17, 15) is 9.59 Å². The number of hydrogen-bond acceptors (Lipinski definition) is 2. The lowest BCUT2D eigenvalue weighted by atomic mass is 9.94. The lowest BCUT2D eigenvalue weighted by Gasteiger charge is -2.33. The van der Waals surface area contributed by atoms with Crippen molar-refractivity contribution < 1.29 is 9.59 Å². The summed E-state index contributed by atoms with van der Waals surface area (Å²) in [5.74, 6) is -0.369. The number of hydrogen-bond donors (Lipinski definition) is 1. The summed E-state index contributed by atoms with van der Waals surface area (Å²) in [6.45, 7) is 0.233. The van der Waals surface area contributed by atoms with Crippen LogP contribution in [-0.2, 0) is 29.0 Å². The fourth-order valence-corrected chi connectivity index (χ4v) is 5.63. The molecule has 0 saturated heterocycles. The van der Waals surface area contributed by atoms with E-state index in [0.29, 0.717) is 27.1 Å².